The maximum absolute atomic E-state index is 12.4. The van der Waals surface area contributed by atoms with Crippen molar-refractivity contribution in [2.45, 2.75) is 103 Å². The summed E-state index contributed by atoms with van der Waals surface area (Å²) in [5, 5.41) is 0. The first-order valence-electron chi connectivity index (χ1n) is 12.2. The van der Waals surface area contributed by atoms with Crippen molar-refractivity contribution in [1.29, 1.82) is 0 Å². The molecule has 34 heavy (non-hydrogen) atoms. The molecule has 1 unspecified atom stereocenters. The van der Waals surface area contributed by atoms with Gasteiger partial charge < -0.3 is 14.0 Å². The van der Waals surface area contributed by atoms with Gasteiger partial charge in [-0.05, 0) is 25.0 Å². The monoisotopic (exact) mass is 522 g/mol. The molecule has 1 atom stereocenters. The minimum atomic E-state index is -4.80. The van der Waals surface area contributed by atoms with Gasteiger partial charge in [0.15, 0.2) is 5.44 Å². The van der Waals surface area contributed by atoms with E-state index < -0.39 is 27.5 Å². The summed E-state index contributed by atoms with van der Waals surface area (Å²) in [7, 11) is -4.80. The van der Waals surface area contributed by atoms with Crippen molar-refractivity contribution < 1.29 is 83.4 Å². The van der Waals surface area contributed by atoms with Gasteiger partial charge in [-0.2, -0.15) is 0 Å². The molecule has 188 valence electrons. The van der Waals surface area contributed by atoms with Gasteiger partial charge in [0, 0.05) is 0 Å². The van der Waals surface area contributed by atoms with Crippen LogP contribution in [0.3, 0.4) is 0 Å². The van der Waals surface area contributed by atoms with Crippen molar-refractivity contribution in [2.24, 2.45) is 0 Å². The fourth-order valence-electron chi connectivity index (χ4n) is 3.55. The summed E-state index contributed by atoms with van der Waals surface area (Å²) in [6, 6.07) is 5.84. The smallest absolute Gasteiger partial charge is 0.745 e. The number of carbonyl (C=O) groups is 2. The zero-order valence-corrected chi connectivity index (χ0v) is 25.0. The average molecular weight is 523 g/mol. The Bertz CT molecular complexity index is 811. The molecule has 0 fully saturated rings. The van der Waals surface area contributed by atoms with E-state index in [4.69, 9.17) is 9.47 Å². The van der Waals surface area contributed by atoms with Gasteiger partial charge in [-0.15, -0.1) is 0 Å². The van der Waals surface area contributed by atoms with Crippen LogP contribution in [0.15, 0.2) is 24.3 Å². The molecule has 0 aliphatic carbocycles. The number of hydrogen-bond acceptors (Lipinski definition) is 7. The summed E-state index contributed by atoms with van der Waals surface area (Å²) in [5.41, 5.74) is -1.94. The van der Waals surface area contributed by atoms with E-state index in [1.54, 1.807) is 6.07 Å². The molecule has 0 aliphatic heterocycles. The quantitative estimate of drug-likeness (QED) is 0.126. The predicted octanol–water partition coefficient (Wildman–Crippen LogP) is 2.99. The van der Waals surface area contributed by atoms with E-state index in [2.05, 4.69) is 6.92 Å². The number of rotatable bonds is 18. The Morgan fingerprint density at radius 1 is 0.794 bits per heavy atom. The Hall–Kier alpha value is -0.294. The fraction of sp³-hybridized carbons (Fsp3) is 0.680. The third-order valence-corrected chi connectivity index (χ3v) is 6.57. The summed E-state index contributed by atoms with van der Waals surface area (Å²) in [4.78, 5) is 24.8. The molecule has 0 heterocycles. The molecule has 0 bridgehead atoms. The number of esters is 2. The molecule has 1 aromatic carbocycles. The normalized spacial score (nSPS) is 12.0. The Morgan fingerprint density at radius 3 is 1.68 bits per heavy atom. The van der Waals surface area contributed by atoms with E-state index in [0.29, 0.717) is 0 Å². The van der Waals surface area contributed by atoms with Gasteiger partial charge in [-0.25, -0.2) is 18.0 Å². The molecule has 7 nitrogen and oxygen atoms in total. The van der Waals surface area contributed by atoms with Crippen molar-refractivity contribution >= 4 is 22.1 Å². The SMILES string of the molecule is CCCCCCCCCCCCCCOC(=O)c1ccccc1C(=O)OC(CC)S(=O)(=O)[O-].[K+]. The third-order valence-electron chi connectivity index (χ3n) is 5.49. The molecule has 0 radical (unpaired) electrons. The molecule has 0 aliphatic rings. The first kappa shape index (κ1) is 33.7. The molecule has 0 saturated heterocycles. The van der Waals surface area contributed by atoms with Gasteiger partial charge in [0.1, 0.15) is 10.1 Å². The van der Waals surface area contributed by atoms with E-state index in [0.717, 1.165) is 19.3 Å². The Balaban J connectivity index is 0.0000109. The molecular formula is C25H39KO7S. The molecule has 1 rings (SSSR count). The van der Waals surface area contributed by atoms with E-state index >= 15 is 0 Å². The molecule has 0 amide bonds. The van der Waals surface area contributed by atoms with E-state index in [1.807, 2.05) is 0 Å². The average Bonchev–Trinajstić information content (AvgIpc) is 2.79. The minimum absolute atomic E-state index is 0. The first-order chi connectivity index (χ1) is 15.8. The molecule has 0 aromatic heterocycles. The fourth-order valence-corrected chi connectivity index (χ4v) is 4.17. The van der Waals surface area contributed by atoms with Crippen molar-refractivity contribution in [3.63, 3.8) is 0 Å². The Kier molecular flexibility index (Phi) is 19.7. The maximum atomic E-state index is 12.4. The van der Waals surface area contributed by atoms with Crippen molar-refractivity contribution in [3.8, 4) is 0 Å². The zero-order chi connectivity index (χ0) is 24.5. The maximum Gasteiger partial charge on any atom is 1.00 e. The summed E-state index contributed by atoms with van der Waals surface area (Å²) in [6.07, 6.45) is 14.3. The second-order valence-corrected chi connectivity index (χ2v) is 9.82. The van der Waals surface area contributed by atoms with Crippen molar-refractivity contribution in [2.75, 3.05) is 6.61 Å². The molecule has 9 heteroatoms. The van der Waals surface area contributed by atoms with Crippen LogP contribution in [0.1, 0.15) is 118 Å². The number of ether oxygens (including phenoxy) is 2. The van der Waals surface area contributed by atoms with Crippen LogP contribution in [0, 0.1) is 0 Å². The molecule has 1 aromatic rings. The van der Waals surface area contributed by atoms with Crippen LogP contribution in [-0.2, 0) is 19.6 Å². The standard InChI is InChI=1S/C25H40O7S.K/c1-3-5-6-7-8-9-10-11-12-13-14-17-20-31-24(26)21-18-15-16-19-22(21)25(27)32-23(4-2)33(28,29)30;/h15-16,18-19,23H,3-14,17,20H2,1-2H3,(H,28,29,30);/q;+1/p-1. The summed E-state index contributed by atoms with van der Waals surface area (Å²) >= 11 is 0. The third kappa shape index (κ3) is 14.3. The molecular weight excluding hydrogens is 483 g/mol. The van der Waals surface area contributed by atoms with Gasteiger partial charge in [0.25, 0.3) is 0 Å². The van der Waals surface area contributed by atoms with E-state index in [9.17, 15) is 22.6 Å². The largest absolute Gasteiger partial charge is 1.00 e. The van der Waals surface area contributed by atoms with Gasteiger partial charge >= 0.3 is 63.3 Å². The van der Waals surface area contributed by atoms with Crippen LogP contribution >= 0.6 is 0 Å². The van der Waals surface area contributed by atoms with Gasteiger partial charge in [-0.1, -0.05) is 96.6 Å². The van der Waals surface area contributed by atoms with Gasteiger partial charge in [0.05, 0.1) is 17.7 Å². The molecule has 0 saturated carbocycles. The number of carbonyl (C=O) groups excluding carboxylic acids is 2. The minimum Gasteiger partial charge on any atom is -0.745 e. The predicted molar refractivity (Wildman–Crippen MR) is 127 cm³/mol. The van der Waals surface area contributed by atoms with Crippen molar-refractivity contribution in [1.82, 2.24) is 0 Å². The van der Waals surface area contributed by atoms with Crippen LogP contribution in [0.4, 0.5) is 0 Å². The molecule has 0 spiro atoms. The Labute approximate surface area is 247 Å². The summed E-state index contributed by atoms with van der Waals surface area (Å²) in [5.74, 6) is -1.72. The van der Waals surface area contributed by atoms with Crippen LogP contribution < -0.4 is 51.4 Å². The number of hydrogen-bond donors (Lipinski definition) is 0. The summed E-state index contributed by atoms with van der Waals surface area (Å²) < 4.78 is 43.6. The number of unbranched alkanes of at least 4 members (excludes halogenated alkanes) is 11. The van der Waals surface area contributed by atoms with Crippen molar-refractivity contribution in [3.05, 3.63) is 35.4 Å². The van der Waals surface area contributed by atoms with Crippen LogP contribution in [-0.4, -0.2) is 37.0 Å². The molecule has 0 N–H and O–H groups in total. The first-order valence-corrected chi connectivity index (χ1v) is 13.7. The second kappa shape index (κ2) is 19.8. The van der Waals surface area contributed by atoms with Crippen LogP contribution in [0.25, 0.3) is 0 Å². The second-order valence-electron chi connectivity index (χ2n) is 8.31. The van der Waals surface area contributed by atoms with Gasteiger partial charge in [0.2, 0.25) is 0 Å². The van der Waals surface area contributed by atoms with Gasteiger partial charge in [-0.3, -0.25) is 0 Å². The Morgan fingerprint density at radius 2 is 1.24 bits per heavy atom. The topological polar surface area (TPSA) is 110 Å². The summed E-state index contributed by atoms with van der Waals surface area (Å²) in [6.45, 7) is 3.89. The van der Waals surface area contributed by atoms with E-state index in [1.165, 1.54) is 82.9 Å². The zero-order valence-electron chi connectivity index (χ0n) is 21.1. The van der Waals surface area contributed by atoms with E-state index in [-0.39, 0.29) is 75.5 Å². The number of benzene rings is 1. The van der Waals surface area contributed by atoms with Crippen LogP contribution in [0.2, 0.25) is 0 Å². The van der Waals surface area contributed by atoms with Crippen LogP contribution in [0.5, 0.6) is 0 Å².